The van der Waals surface area contributed by atoms with Crippen LogP contribution in [0.4, 0.5) is 0 Å². The van der Waals surface area contributed by atoms with Gasteiger partial charge in [0.1, 0.15) is 0 Å². The summed E-state index contributed by atoms with van der Waals surface area (Å²) in [5.74, 6) is -0.879. The number of carbonyl (C=O) groups excluding carboxylic acids is 2. The second kappa shape index (κ2) is 7.21. The number of nitrogens with one attached hydrogen (secondary N) is 1. The lowest BCUT2D eigenvalue weighted by Crippen LogP contribution is -2.24. The van der Waals surface area contributed by atoms with Crippen LogP contribution in [0.25, 0.3) is 27.9 Å². The minimum Gasteiger partial charge on any atom is -0.452 e. The van der Waals surface area contributed by atoms with Gasteiger partial charge in [0, 0.05) is 41.5 Å². The van der Waals surface area contributed by atoms with Gasteiger partial charge in [-0.25, -0.2) is 4.79 Å². The van der Waals surface area contributed by atoms with E-state index in [1.165, 1.54) is 29.5 Å². The number of aromatic nitrogens is 1. The molecule has 0 aliphatic heterocycles. The molecule has 0 unspecified atom stereocenters. The van der Waals surface area contributed by atoms with E-state index in [0.29, 0.717) is 0 Å². The van der Waals surface area contributed by atoms with Crippen molar-refractivity contribution in [2.24, 2.45) is 0 Å². The highest BCUT2D eigenvalue weighted by Crippen LogP contribution is 2.29. The highest BCUT2D eigenvalue weighted by Gasteiger charge is 2.09. The van der Waals surface area contributed by atoms with Crippen molar-refractivity contribution in [3.8, 4) is 0 Å². The van der Waals surface area contributed by atoms with Crippen molar-refractivity contribution in [1.82, 2.24) is 9.88 Å². The molecule has 25 heavy (non-hydrogen) atoms. The fourth-order valence-corrected chi connectivity index (χ4v) is 2.94. The number of hydrogen-bond donors (Lipinski definition) is 1. The van der Waals surface area contributed by atoms with Gasteiger partial charge in [-0.2, -0.15) is 0 Å². The van der Waals surface area contributed by atoms with E-state index < -0.39 is 5.97 Å². The van der Waals surface area contributed by atoms with Gasteiger partial charge in [-0.1, -0.05) is 24.3 Å². The van der Waals surface area contributed by atoms with Gasteiger partial charge in [0.15, 0.2) is 6.61 Å². The maximum atomic E-state index is 11.7. The van der Waals surface area contributed by atoms with E-state index in [1.54, 1.807) is 6.08 Å². The number of carbonyl (C=O) groups is 2. The zero-order chi connectivity index (χ0) is 17.8. The second-order valence-electron chi connectivity index (χ2n) is 5.65. The highest BCUT2D eigenvalue weighted by atomic mass is 16.5. The topological polar surface area (TPSA) is 60.3 Å². The minimum atomic E-state index is -0.542. The fraction of sp³-hybridized carbons (Fsp3) is 0.200. The first-order valence-corrected chi connectivity index (χ1v) is 8.20. The Balaban J connectivity index is 1.89. The molecule has 0 spiro atoms. The van der Waals surface area contributed by atoms with Crippen molar-refractivity contribution < 1.29 is 14.3 Å². The largest absolute Gasteiger partial charge is 0.452 e. The van der Waals surface area contributed by atoms with Crippen LogP contribution in [0.2, 0.25) is 0 Å². The third-order valence-corrected chi connectivity index (χ3v) is 4.15. The summed E-state index contributed by atoms with van der Waals surface area (Å²) in [6, 6.07) is 14.4. The average Bonchev–Trinajstić information content (AvgIpc) is 2.97. The van der Waals surface area contributed by atoms with E-state index >= 15 is 0 Å². The Morgan fingerprint density at radius 1 is 1.12 bits per heavy atom. The molecule has 128 valence electrons. The quantitative estimate of drug-likeness (QED) is 0.575. The van der Waals surface area contributed by atoms with Crippen LogP contribution in [-0.2, 0) is 20.9 Å². The van der Waals surface area contributed by atoms with Gasteiger partial charge >= 0.3 is 5.97 Å². The number of fused-ring (bicyclic) bond motifs is 3. The van der Waals surface area contributed by atoms with Crippen LogP contribution in [0, 0.1) is 0 Å². The Morgan fingerprint density at radius 2 is 1.88 bits per heavy atom. The number of likely N-dealkylation sites (N-methyl/N-ethyl adjacent to an activating group) is 1. The molecule has 1 aromatic heterocycles. The van der Waals surface area contributed by atoms with Gasteiger partial charge in [-0.05, 0) is 36.8 Å². The lowest BCUT2D eigenvalue weighted by Gasteiger charge is -2.03. The van der Waals surface area contributed by atoms with Gasteiger partial charge in [-0.3, -0.25) is 4.79 Å². The maximum Gasteiger partial charge on any atom is 0.331 e. The number of nitrogens with zero attached hydrogens (tertiary/aromatic N) is 1. The number of para-hydroxylation sites is 1. The van der Waals surface area contributed by atoms with Gasteiger partial charge < -0.3 is 14.6 Å². The van der Waals surface area contributed by atoms with Crippen LogP contribution >= 0.6 is 0 Å². The molecule has 0 aliphatic rings. The molecule has 3 rings (SSSR count). The van der Waals surface area contributed by atoms with Gasteiger partial charge in [0.25, 0.3) is 5.91 Å². The van der Waals surface area contributed by atoms with Crippen LogP contribution in [0.15, 0.2) is 48.5 Å². The molecule has 5 nitrogen and oxygen atoms in total. The lowest BCUT2D eigenvalue weighted by atomic mass is 10.1. The molecule has 1 N–H and O–H groups in total. The first kappa shape index (κ1) is 16.8. The van der Waals surface area contributed by atoms with Gasteiger partial charge in [0.2, 0.25) is 0 Å². The summed E-state index contributed by atoms with van der Waals surface area (Å²) in [7, 11) is 1.49. The van der Waals surface area contributed by atoms with Crippen molar-refractivity contribution in [3.63, 3.8) is 0 Å². The summed E-state index contributed by atoms with van der Waals surface area (Å²) in [5, 5.41) is 4.74. The van der Waals surface area contributed by atoms with Crippen molar-refractivity contribution >= 4 is 39.8 Å². The molecule has 0 fully saturated rings. The number of rotatable bonds is 5. The summed E-state index contributed by atoms with van der Waals surface area (Å²) in [4.78, 5) is 22.7. The first-order chi connectivity index (χ1) is 12.1. The third kappa shape index (κ3) is 3.40. The van der Waals surface area contributed by atoms with Crippen LogP contribution in [0.1, 0.15) is 12.5 Å². The maximum absolute atomic E-state index is 11.7. The predicted octanol–water partition coefficient (Wildman–Crippen LogP) is 3.12. The molecule has 1 heterocycles. The van der Waals surface area contributed by atoms with Crippen LogP contribution < -0.4 is 5.32 Å². The highest BCUT2D eigenvalue weighted by molar-refractivity contribution is 6.08. The second-order valence-corrected chi connectivity index (χ2v) is 5.65. The number of ether oxygens (including phenoxy) is 1. The number of benzene rings is 2. The monoisotopic (exact) mass is 336 g/mol. The number of esters is 1. The third-order valence-electron chi connectivity index (χ3n) is 4.15. The van der Waals surface area contributed by atoms with Crippen molar-refractivity contribution in [2.75, 3.05) is 13.7 Å². The van der Waals surface area contributed by atoms with Gasteiger partial charge in [-0.15, -0.1) is 0 Å². The molecule has 0 atom stereocenters. The molecule has 2 aromatic carbocycles. The molecule has 0 bridgehead atoms. The van der Waals surface area contributed by atoms with Crippen LogP contribution in [0.3, 0.4) is 0 Å². The van der Waals surface area contributed by atoms with Crippen LogP contribution in [-0.4, -0.2) is 30.1 Å². The number of hydrogen-bond acceptors (Lipinski definition) is 3. The predicted molar refractivity (Wildman–Crippen MR) is 99.2 cm³/mol. The zero-order valence-corrected chi connectivity index (χ0v) is 14.3. The van der Waals surface area contributed by atoms with Gasteiger partial charge in [0.05, 0.1) is 0 Å². The van der Waals surface area contributed by atoms with Crippen molar-refractivity contribution in [3.05, 3.63) is 54.1 Å². The molecule has 5 heteroatoms. The van der Waals surface area contributed by atoms with E-state index in [1.807, 2.05) is 18.2 Å². The molecule has 0 saturated heterocycles. The standard InChI is InChI=1S/C20H20N2O3/c1-3-22-17-7-5-4-6-15(17)16-12-14(8-10-18(16)22)9-11-20(24)25-13-19(23)21-2/h4-12H,3,13H2,1-2H3,(H,21,23)/b11-9+. The van der Waals surface area contributed by atoms with Crippen molar-refractivity contribution in [1.29, 1.82) is 0 Å². The Hall–Kier alpha value is -3.08. The molecule has 0 saturated carbocycles. The molecule has 1 amide bonds. The first-order valence-electron chi connectivity index (χ1n) is 8.20. The average molecular weight is 336 g/mol. The summed E-state index contributed by atoms with van der Waals surface area (Å²) in [6.45, 7) is 2.75. The summed E-state index contributed by atoms with van der Waals surface area (Å²) < 4.78 is 7.13. The Labute approximate surface area is 145 Å². The molecule has 0 radical (unpaired) electrons. The van der Waals surface area contributed by atoms with Crippen LogP contribution in [0.5, 0.6) is 0 Å². The van der Waals surface area contributed by atoms with Crippen molar-refractivity contribution in [2.45, 2.75) is 13.5 Å². The van der Waals surface area contributed by atoms with E-state index in [4.69, 9.17) is 4.74 Å². The normalized spacial score (nSPS) is 11.3. The number of amides is 1. The number of aryl methyl sites for hydroxylation is 1. The lowest BCUT2D eigenvalue weighted by molar-refractivity contribution is -0.143. The Kier molecular flexibility index (Phi) is 4.84. The summed E-state index contributed by atoms with van der Waals surface area (Å²) in [5.41, 5.74) is 3.28. The zero-order valence-electron chi connectivity index (χ0n) is 14.3. The molecular weight excluding hydrogens is 316 g/mol. The van der Waals surface area contributed by atoms with E-state index in [0.717, 1.165) is 17.5 Å². The SMILES string of the molecule is CCn1c2ccccc2c2cc(/C=C/C(=O)OCC(=O)NC)ccc21. The molecule has 0 aliphatic carbocycles. The summed E-state index contributed by atoms with van der Waals surface area (Å²) >= 11 is 0. The van der Waals surface area contributed by atoms with E-state index in [9.17, 15) is 9.59 Å². The smallest absolute Gasteiger partial charge is 0.331 e. The fourth-order valence-electron chi connectivity index (χ4n) is 2.94. The summed E-state index contributed by atoms with van der Waals surface area (Å²) in [6.07, 6.45) is 3.03. The Bertz CT molecular complexity index is 970. The Morgan fingerprint density at radius 3 is 2.64 bits per heavy atom. The van der Waals surface area contributed by atoms with E-state index in [-0.39, 0.29) is 12.5 Å². The minimum absolute atomic E-state index is 0.275. The molecule has 3 aromatic rings. The molecular formula is C20H20N2O3. The van der Waals surface area contributed by atoms with E-state index in [2.05, 4.69) is 41.1 Å².